The molecule has 0 bridgehead atoms. The summed E-state index contributed by atoms with van der Waals surface area (Å²) in [6, 6.07) is 0.162. The topological polar surface area (TPSA) is 91.2 Å². The van der Waals surface area contributed by atoms with E-state index in [0.717, 1.165) is 11.8 Å². The molecule has 0 spiro atoms. The van der Waals surface area contributed by atoms with Gasteiger partial charge in [0.2, 0.25) is 0 Å². The minimum atomic E-state index is -0.933. The molecule has 1 unspecified atom stereocenters. The molecule has 0 aromatic carbocycles. The highest BCUT2D eigenvalue weighted by Gasteiger charge is 2.14. The van der Waals surface area contributed by atoms with E-state index >= 15 is 0 Å². The number of aromatic amines is 1. The molecule has 0 aliphatic heterocycles. The zero-order valence-electron chi connectivity index (χ0n) is 10.0. The molecule has 96 valence electrons. The molecule has 8 heteroatoms. The Morgan fingerprint density at radius 1 is 1.65 bits per heavy atom. The quantitative estimate of drug-likeness (QED) is 0.682. The Kier molecular flexibility index (Phi) is 4.76. The minimum Gasteiger partial charge on any atom is -0.481 e. The first-order chi connectivity index (χ1) is 7.91. The van der Waals surface area contributed by atoms with Gasteiger partial charge >= 0.3 is 11.7 Å². The van der Waals surface area contributed by atoms with Gasteiger partial charge in [0.05, 0.1) is 5.75 Å². The van der Waals surface area contributed by atoms with Gasteiger partial charge in [-0.3, -0.25) is 9.36 Å². The normalized spacial score (nSPS) is 12.9. The summed E-state index contributed by atoms with van der Waals surface area (Å²) in [6.45, 7) is 2.45. The molecular weight excluding hydrogens is 244 g/mol. The second kappa shape index (κ2) is 5.87. The fourth-order valence-corrected chi connectivity index (χ4v) is 1.80. The Morgan fingerprint density at radius 2 is 2.29 bits per heavy atom. The number of carboxylic acids is 1. The third kappa shape index (κ3) is 3.90. The van der Waals surface area contributed by atoms with Crippen LogP contribution in [0.2, 0.25) is 0 Å². The van der Waals surface area contributed by atoms with Crippen LogP contribution in [0.3, 0.4) is 0 Å². The van der Waals surface area contributed by atoms with Crippen molar-refractivity contribution in [2.24, 2.45) is 0 Å². The minimum absolute atomic E-state index is 0.110. The van der Waals surface area contributed by atoms with E-state index in [4.69, 9.17) is 5.11 Å². The average molecular weight is 260 g/mol. The Labute approximate surface area is 103 Å². The summed E-state index contributed by atoms with van der Waals surface area (Å²) in [6.07, 6.45) is 0. The summed E-state index contributed by atoms with van der Waals surface area (Å²) in [5.74, 6) is -1.04. The van der Waals surface area contributed by atoms with Gasteiger partial charge in [0.15, 0.2) is 5.16 Å². The Morgan fingerprint density at radius 3 is 2.82 bits per heavy atom. The van der Waals surface area contributed by atoms with Crippen molar-refractivity contribution in [2.45, 2.75) is 24.7 Å². The van der Waals surface area contributed by atoms with E-state index in [1.165, 1.54) is 4.57 Å². The molecule has 1 aromatic heterocycles. The van der Waals surface area contributed by atoms with Crippen molar-refractivity contribution in [1.82, 2.24) is 19.7 Å². The van der Waals surface area contributed by atoms with Crippen LogP contribution in [-0.4, -0.2) is 56.6 Å². The lowest BCUT2D eigenvalue weighted by Gasteiger charge is -2.19. The zero-order valence-corrected chi connectivity index (χ0v) is 10.8. The molecule has 0 aliphatic carbocycles. The Bertz CT molecular complexity index is 440. The smallest absolute Gasteiger partial charge is 0.344 e. The Balaban J connectivity index is 2.79. The summed E-state index contributed by atoms with van der Waals surface area (Å²) in [7, 11) is 3.83. The molecular formula is C9H16N4O3S. The van der Waals surface area contributed by atoms with Gasteiger partial charge in [-0.25, -0.2) is 9.89 Å². The fraction of sp³-hybridized carbons (Fsp3) is 0.667. The summed E-state index contributed by atoms with van der Waals surface area (Å²) in [5, 5.41) is 15.1. The molecule has 0 aliphatic rings. The number of hydrogen-bond acceptors (Lipinski definition) is 5. The second-order valence-corrected chi connectivity index (χ2v) is 4.86. The molecule has 17 heavy (non-hydrogen) atoms. The summed E-state index contributed by atoms with van der Waals surface area (Å²) in [5.41, 5.74) is -0.313. The van der Waals surface area contributed by atoms with Crippen molar-refractivity contribution in [1.29, 1.82) is 0 Å². The number of aliphatic carboxylic acids is 1. The van der Waals surface area contributed by atoms with E-state index in [1.807, 2.05) is 25.9 Å². The van der Waals surface area contributed by atoms with E-state index in [1.54, 1.807) is 0 Å². The number of rotatable bonds is 6. The zero-order chi connectivity index (χ0) is 13.0. The maximum absolute atomic E-state index is 11.5. The SMILES string of the molecule is CC(Cn1c(SCC(=O)O)n[nH]c1=O)N(C)C. The predicted molar refractivity (Wildman–Crippen MR) is 64.4 cm³/mol. The lowest BCUT2D eigenvalue weighted by atomic mass is 10.3. The lowest BCUT2D eigenvalue weighted by molar-refractivity contribution is -0.133. The number of carbonyl (C=O) groups is 1. The van der Waals surface area contributed by atoms with Crippen LogP contribution < -0.4 is 5.69 Å². The van der Waals surface area contributed by atoms with Crippen molar-refractivity contribution < 1.29 is 9.90 Å². The molecule has 7 nitrogen and oxygen atoms in total. The van der Waals surface area contributed by atoms with Crippen LogP contribution in [0, 0.1) is 0 Å². The number of hydrogen-bond donors (Lipinski definition) is 2. The van der Waals surface area contributed by atoms with E-state index in [2.05, 4.69) is 10.2 Å². The van der Waals surface area contributed by atoms with Crippen LogP contribution in [0.4, 0.5) is 0 Å². The largest absolute Gasteiger partial charge is 0.481 e. The Hall–Kier alpha value is -1.28. The first-order valence-corrected chi connectivity index (χ1v) is 6.06. The number of carboxylic acid groups (broad SMARTS) is 1. The van der Waals surface area contributed by atoms with Gasteiger partial charge in [-0.15, -0.1) is 5.10 Å². The molecule has 0 fully saturated rings. The molecule has 1 atom stereocenters. The molecule has 1 rings (SSSR count). The number of thioether (sulfide) groups is 1. The van der Waals surface area contributed by atoms with Crippen LogP contribution in [0.5, 0.6) is 0 Å². The monoisotopic (exact) mass is 260 g/mol. The average Bonchev–Trinajstić information content (AvgIpc) is 2.57. The van der Waals surface area contributed by atoms with Gasteiger partial charge in [-0.1, -0.05) is 11.8 Å². The van der Waals surface area contributed by atoms with Gasteiger partial charge in [-0.2, -0.15) is 0 Å². The van der Waals surface area contributed by atoms with Crippen molar-refractivity contribution in [3.8, 4) is 0 Å². The van der Waals surface area contributed by atoms with Crippen LogP contribution in [0.15, 0.2) is 9.95 Å². The van der Waals surface area contributed by atoms with Crippen molar-refractivity contribution in [2.75, 3.05) is 19.8 Å². The molecule has 1 heterocycles. The highest BCUT2D eigenvalue weighted by atomic mass is 32.2. The van der Waals surface area contributed by atoms with Gasteiger partial charge in [0, 0.05) is 12.6 Å². The molecule has 0 radical (unpaired) electrons. The number of nitrogens with zero attached hydrogens (tertiary/aromatic N) is 3. The molecule has 0 saturated heterocycles. The molecule has 1 aromatic rings. The molecule has 0 saturated carbocycles. The number of aromatic nitrogens is 3. The molecule has 0 amide bonds. The van der Waals surface area contributed by atoms with E-state index in [0.29, 0.717) is 11.7 Å². The summed E-state index contributed by atoms with van der Waals surface area (Å²) >= 11 is 1.03. The standard InChI is InChI=1S/C9H16N4O3S/c1-6(12(2)3)4-13-8(16)10-11-9(13)17-5-7(14)15/h6H,4-5H2,1-3H3,(H,10,16)(H,14,15). The number of likely N-dealkylation sites (N-methyl/N-ethyl adjacent to an activating group) is 1. The highest BCUT2D eigenvalue weighted by molar-refractivity contribution is 7.99. The van der Waals surface area contributed by atoms with E-state index in [-0.39, 0.29) is 17.5 Å². The van der Waals surface area contributed by atoms with Crippen molar-refractivity contribution >= 4 is 17.7 Å². The third-order valence-electron chi connectivity index (χ3n) is 2.38. The van der Waals surface area contributed by atoms with Crippen LogP contribution >= 0.6 is 11.8 Å². The lowest BCUT2D eigenvalue weighted by Crippen LogP contribution is -2.33. The van der Waals surface area contributed by atoms with Crippen LogP contribution in [0.25, 0.3) is 0 Å². The van der Waals surface area contributed by atoms with Gasteiger partial charge in [0.1, 0.15) is 0 Å². The number of nitrogens with one attached hydrogen (secondary N) is 1. The summed E-state index contributed by atoms with van der Waals surface area (Å²) < 4.78 is 1.46. The van der Waals surface area contributed by atoms with E-state index in [9.17, 15) is 9.59 Å². The van der Waals surface area contributed by atoms with Crippen molar-refractivity contribution in [3.63, 3.8) is 0 Å². The maximum atomic E-state index is 11.5. The van der Waals surface area contributed by atoms with Gasteiger partial charge in [-0.05, 0) is 21.0 Å². The fourth-order valence-electron chi connectivity index (χ4n) is 1.13. The molecule has 2 N–H and O–H groups in total. The van der Waals surface area contributed by atoms with E-state index < -0.39 is 5.97 Å². The van der Waals surface area contributed by atoms with Crippen molar-refractivity contribution in [3.05, 3.63) is 10.5 Å². The maximum Gasteiger partial charge on any atom is 0.344 e. The van der Waals surface area contributed by atoms with Gasteiger partial charge < -0.3 is 10.0 Å². The first kappa shape index (κ1) is 13.8. The van der Waals surface area contributed by atoms with Gasteiger partial charge in [0.25, 0.3) is 0 Å². The second-order valence-electron chi connectivity index (χ2n) is 3.92. The third-order valence-corrected chi connectivity index (χ3v) is 3.34. The van der Waals surface area contributed by atoms with Crippen LogP contribution in [-0.2, 0) is 11.3 Å². The summed E-state index contributed by atoms with van der Waals surface area (Å²) in [4.78, 5) is 24.0. The highest BCUT2D eigenvalue weighted by Crippen LogP contribution is 2.13. The number of H-pyrrole nitrogens is 1. The predicted octanol–water partition coefficient (Wildman–Crippen LogP) is -0.302. The first-order valence-electron chi connectivity index (χ1n) is 5.08. The van der Waals surface area contributed by atoms with Crippen LogP contribution in [0.1, 0.15) is 6.92 Å².